The zero-order valence-electron chi connectivity index (χ0n) is 12.5. The van der Waals surface area contributed by atoms with Crippen molar-refractivity contribution in [2.45, 2.75) is 6.10 Å². The Morgan fingerprint density at radius 1 is 0.636 bits per heavy atom. The minimum Gasteiger partial charge on any atom is -0.497 e. The van der Waals surface area contributed by atoms with E-state index in [9.17, 15) is 0 Å². The Kier molecular flexibility index (Phi) is 4.40. The molecule has 3 aromatic rings. The molecule has 3 aromatic carbocycles. The molecule has 0 amide bonds. The predicted octanol–water partition coefficient (Wildman–Crippen LogP) is 4.86. The molecule has 1 unspecified atom stereocenters. The first-order chi connectivity index (χ1) is 10.9. The van der Waals surface area contributed by atoms with E-state index in [2.05, 4.69) is 18.2 Å². The van der Waals surface area contributed by atoms with E-state index >= 15 is 0 Å². The van der Waals surface area contributed by atoms with E-state index in [1.807, 2.05) is 66.7 Å². The summed E-state index contributed by atoms with van der Waals surface area (Å²) in [5.74, 6) is 1.68. The average molecular weight is 290 g/mol. The van der Waals surface area contributed by atoms with Crippen LogP contribution in [0.3, 0.4) is 0 Å². The Morgan fingerprint density at radius 3 is 1.91 bits per heavy atom. The van der Waals surface area contributed by atoms with Crippen molar-refractivity contribution in [2.24, 2.45) is 0 Å². The summed E-state index contributed by atoms with van der Waals surface area (Å²) in [7, 11) is 1.68. The van der Waals surface area contributed by atoms with Crippen molar-refractivity contribution in [3.8, 4) is 11.5 Å². The van der Waals surface area contributed by atoms with Crippen LogP contribution in [0.2, 0.25) is 0 Å². The highest BCUT2D eigenvalue weighted by Crippen LogP contribution is 2.30. The molecule has 0 radical (unpaired) electrons. The van der Waals surface area contributed by atoms with E-state index in [1.165, 1.54) is 0 Å². The maximum Gasteiger partial charge on any atom is 0.149 e. The van der Waals surface area contributed by atoms with Gasteiger partial charge in [-0.3, -0.25) is 0 Å². The second kappa shape index (κ2) is 6.81. The third kappa shape index (κ3) is 3.29. The normalized spacial score (nSPS) is 11.7. The molecule has 0 aliphatic carbocycles. The SMILES string of the molecule is COc1cccc(C(Oc2ccccc2)c2ccccc2)c1. The monoisotopic (exact) mass is 290 g/mol. The van der Waals surface area contributed by atoms with Crippen molar-refractivity contribution in [3.05, 3.63) is 96.1 Å². The molecule has 0 aromatic heterocycles. The van der Waals surface area contributed by atoms with E-state index in [1.54, 1.807) is 7.11 Å². The Labute approximate surface area is 131 Å². The number of rotatable bonds is 5. The molecule has 110 valence electrons. The standard InChI is InChI=1S/C20H18O2/c1-21-19-14-8-11-17(15-19)20(16-9-4-2-5-10-16)22-18-12-6-3-7-13-18/h2-15,20H,1H3. The lowest BCUT2D eigenvalue weighted by atomic mass is 10.0. The summed E-state index contributed by atoms with van der Waals surface area (Å²) in [6.45, 7) is 0. The van der Waals surface area contributed by atoms with Gasteiger partial charge in [-0.15, -0.1) is 0 Å². The average Bonchev–Trinajstić information content (AvgIpc) is 2.61. The van der Waals surface area contributed by atoms with E-state index in [0.717, 1.165) is 22.6 Å². The van der Waals surface area contributed by atoms with Crippen molar-refractivity contribution in [3.63, 3.8) is 0 Å². The number of hydrogen-bond acceptors (Lipinski definition) is 2. The Morgan fingerprint density at radius 2 is 1.23 bits per heavy atom. The molecule has 0 bridgehead atoms. The lowest BCUT2D eigenvalue weighted by Gasteiger charge is -2.20. The quantitative estimate of drug-likeness (QED) is 0.668. The molecule has 0 aliphatic heterocycles. The molecule has 3 rings (SSSR count). The fourth-order valence-corrected chi connectivity index (χ4v) is 2.40. The van der Waals surface area contributed by atoms with Gasteiger partial charge in [0.15, 0.2) is 0 Å². The van der Waals surface area contributed by atoms with Gasteiger partial charge in [-0.05, 0) is 29.8 Å². The molecule has 22 heavy (non-hydrogen) atoms. The zero-order chi connectivity index (χ0) is 15.2. The summed E-state index contributed by atoms with van der Waals surface area (Å²) in [4.78, 5) is 0. The van der Waals surface area contributed by atoms with Crippen molar-refractivity contribution in [2.75, 3.05) is 7.11 Å². The Hall–Kier alpha value is -2.74. The molecular weight excluding hydrogens is 272 g/mol. The van der Waals surface area contributed by atoms with Crippen LogP contribution in [-0.4, -0.2) is 7.11 Å². The summed E-state index contributed by atoms with van der Waals surface area (Å²) in [5.41, 5.74) is 2.18. The molecule has 2 heteroatoms. The van der Waals surface area contributed by atoms with Crippen molar-refractivity contribution < 1.29 is 9.47 Å². The lowest BCUT2D eigenvalue weighted by molar-refractivity contribution is 0.246. The topological polar surface area (TPSA) is 18.5 Å². The van der Waals surface area contributed by atoms with Gasteiger partial charge in [0.1, 0.15) is 17.6 Å². The molecule has 1 atom stereocenters. The molecule has 0 heterocycles. The molecule has 0 fully saturated rings. The highest BCUT2D eigenvalue weighted by Gasteiger charge is 2.16. The van der Waals surface area contributed by atoms with E-state index in [4.69, 9.17) is 9.47 Å². The fraction of sp³-hybridized carbons (Fsp3) is 0.100. The third-order valence-corrected chi connectivity index (χ3v) is 3.50. The summed E-state index contributed by atoms with van der Waals surface area (Å²) >= 11 is 0. The molecule has 0 saturated heterocycles. The van der Waals surface area contributed by atoms with Crippen LogP contribution in [0.15, 0.2) is 84.9 Å². The number of ether oxygens (including phenoxy) is 2. The van der Waals surface area contributed by atoms with E-state index in [-0.39, 0.29) is 6.10 Å². The van der Waals surface area contributed by atoms with E-state index < -0.39 is 0 Å². The van der Waals surface area contributed by atoms with Gasteiger partial charge in [0.2, 0.25) is 0 Å². The summed E-state index contributed by atoms with van der Waals surface area (Å²) in [5, 5.41) is 0. The van der Waals surface area contributed by atoms with E-state index in [0.29, 0.717) is 0 Å². The second-order valence-corrected chi connectivity index (χ2v) is 5.00. The van der Waals surface area contributed by atoms with Gasteiger partial charge in [-0.25, -0.2) is 0 Å². The highest BCUT2D eigenvalue weighted by atomic mass is 16.5. The van der Waals surface area contributed by atoms with Crippen molar-refractivity contribution in [1.82, 2.24) is 0 Å². The van der Waals surface area contributed by atoms with Gasteiger partial charge in [-0.2, -0.15) is 0 Å². The minimum absolute atomic E-state index is 0.168. The van der Waals surface area contributed by atoms with Crippen LogP contribution >= 0.6 is 0 Å². The molecule has 0 spiro atoms. The van der Waals surface area contributed by atoms with Crippen LogP contribution in [-0.2, 0) is 0 Å². The fourth-order valence-electron chi connectivity index (χ4n) is 2.40. The third-order valence-electron chi connectivity index (χ3n) is 3.50. The van der Waals surface area contributed by atoms with Gasteiger partial charge in [-0.1, -0.05) is 60.7 Å². The first-order valence-corrected chi connectivity index (χ1v) is 7.27. The van der Waals surface area contributed by atoms with Crippen LogP contribution in [0.4, 0.5) is 0 Å². The predicted molar refractivity (Wildman–Crippen MR) is 88.3 cm³/mol. The highest BCUT2D eigenvalue weighted by molar-refractivity contribution is 5.37. The Bertz CT molecular complexity index is 708. The van der Waals surface area contributed by atoms with Gasteiger partial charge in [0, 0.05) is 5.56 Å². The zero-order valence-corrected chi connectivity index (χ0v) is 12.5. The van der Waals surface area contributed by atoms with Crippen LogP contribution in [0.5, 0.6) is 11.5 Å². The molecule has 2 nitrogen and oxygen atoms in total. The lowest BCUT2D eigenvalue weighted by Crippen LogP contribution is -2.09. The molecule has 0 aliphatic rings. The van der Waals surface area contributed by atoms with Gasteiger partial charge < -0.3 is 9.47 Å². The number of hydrogen-bond donors (Lipinski definition) is 0. The summed E-state index contributed by atoms with van der Waals surface area (Å²) in [6.07, 6.45) is -0.168. The van der Waals surface area contributed by atoms with Crippen LogP contribution in [0.1, 0.15) is 17.2 Å². The Balaban J connectivity index is 1.99. The first kappa shape index (κ1) is 14.2. The maximum absolute atomic E-state index is 6.23. The first-order valence-electron chi connectivity index (χ1n) is 7.27. The van der Waals surface area contributed by atoms with Gasteiger partial charge in [0.05, 0.1) is 7.11 Å². The second-order valence-electron chi connectivity index (χ2n) is 5.00. The minimum atomic E-state index is -0.168. The van der Waals surface area contributed by atoms with Crippen LogP contribution in [0, 0.1) is 0 Å². The summed E-state index contributed by atoms with van der Waals surface area (Å²) < 4.78 is 11.6. The largest absolute Gasteiger partial charge is 0.497 e. The van der Waals surface area contributed by atoms with Crippen molar-refractivity contribution >= 4 is 0 Å². The van der Waals surface area contributed by atoms with Crippen molar-refractivity contribution in [1.29, 1.82) is 0 Å². The maximum atomic E-state index is 6.23. The molecule has 0 saturated carbocycles. The van der Waals surface area contributed by atoms with Gasteiger partial charge in [0.25, 0.3) is 0 Å². The number of benzene rings is 3. The summed E-state index contributed by atoms with van der Waals surface area (Å²) in [6, 6.07) is 28.1. The molecular formula is C20H18O2. The van der Waals surface area contributed by atoms with Crippen LogP contribution < -0.4 is 9.47 Å². The smallest absolute Gasteiger partial charge is 0.149 e. The number of para-hydroxylation sites is 1. The van der Waals surface area contributed by atoms with Crippen LogP contribution in [0.25, 0.3) is 0 Å². The van der Waals surface area contributed by atoms with Gasteiger partial charge >= 0.3 is 0 Å². The molecule has 0 N–H and O–H groups in total. The number of methoxy groups -OCH3 is 1.